The first-order chi connectivity index (χ1) is 13.1. The van der Waals surface area contributed by atoms with Crippen LogP contribution < -0.4 is 0 Å². The maximum absolute atomic E-state index is 12.1. The lowest BCUT2D eigenvalue weighted by atomic mass is 9.63. The summed E-state index contributed by atoms with van der Waals surface area (Å²) >= 11 is 0. The van der Waals surface area contributed by atoms with Crippen molar-refractivity contribution in [2.45, 2.75) is 57.9 Å². The molecule has 0 bridgehead atoms. The van der Waals surface area contributed by atoms with E-state index in [1.165, 1.54) is 11.1 Å². The number of carbonyl (C=O) groups excluding carboxylic acids is 1. The predicted octanol–water partition coefficient (Wildman–Crippen LogP) is 4.94. The van der Waals surface area contributed by atoms with Gasteiger partial charge >= 0.3 is 0 Å². The summed E-state index contributed by atoms with van der Waals surface area (Å²) in [6.07, 6.45) is 3.66. The van der Waals surface area contributed by atoms with Crippen molar-refractivity contribution in [1.82, 2.24) is 4.90 Å². The third-order valence-corrected chi connectivity index (χ3v) is 5.99. The number of likely N-dealkylation sites (tertiary alicyclic amines) is 1. The standard InChI is InChI=1S/C23H23NO.C2H6/c1-23-15-14-22(25)24(2)21(23)13-11-19-16-18(10-12-20(19)23)9-8-17-6-4-3-5-7-17;1-2/h3-7,10,12,16,21H,11,13-15H2,1-2H3;1-2H3/t21?,23-;/m1./s1. The molecule has 1 saturated heterocycles. The number of nitrogens with zero attached hydrogens (tertiary/aromatic N) is 1. The second-order valence-corrected chi connectivity index (χ2v) is 7.46. The van der Waals surface area contributed by atoms with Crippen LogP contribution in [0.3, 0.4) is 0 Å². The molecule has 1 aliphatic heterocycles. The number of benzene rings is 2. The zero-order chi connectivity index (χ0) is 19.4. The molecule has 0 aromatic heterocycles. The Bertz CT molecular complexity index is 874. The van der Waals surface area contributed by atoms with Crippen LogP contribution in [-0.2, 0) is 16.6 Å². The van der Waals surface area contributed by atoms with Crippen LogP contribution in [0.25, 0.3) is 0 Å². The van der Waals surface area contributed by atoms with Crippen molar-refractivity contribution in [3.05, 3.63) is 70.8 Å². The topological polar surface area (TPSA) is 20.3 Å². The molecule has 0 N–H and O–H groups in total. The van der Waals surface area contributed by atoms with E-state index in [9.17, 15) is 4.79 Å². The zero-order valence-corrected chi connectivity index (χ0v) is 16.9. The number of fused-ring (bicyclic) bond motifs is 3. The third kappa shape index (κ3) is 3.65. The number of piperidine rings is 1. The lowest BCUT2D eigenvalue weighted by molar-refractivity contribution is -0.138. The molecular weight excluding hydrogens is 330 g/mol. The van der Waals surface area contributed by atoms with E-state index in [1.54, 1.807) is 0 Å². The van der Waals surface area contributed by atoms with Gasteiger partial charge in [-0.25, -0.2) is 0 Å². The third-order valence-electron chi connectivity index (χ3n) is 5.99. The number of hydrogen-bond donors (Lipinski definition) is 0. The summed E-state index contributed by atoms with van der Waals surface area (Å²) in [5.41, 5.74) is 5.00. The van der Waals surface area contributed by atoms with Crippen molar-refractivity contribution in [3.63, 3.8) is 0 Å². The van der Waals surface area contributed by atoms with E-state index in [1.807, 2.05) is 56.1 Å². The van der Waals surface area contributed by atoms with Gasteiger partial charge in [-0.15, -0.1) is 0 Å². The SMILES string of the molecule is CC.CN1C(=O)CC[C@]2(C)c3ccc(C#Cc4ccccc4)cc3CCC12. The van der Waals surface area contributed by atoms with Crippen LogP contribution in [0.1, 0.15) is 62.3 Å². The summed E-state index contributed by atoms with van der Waals surface area (Å²) in [7, 11) is 1.97. The molecular formula is C25H29NO. The van der Waals surface area contributed by atoms with E-state index in [0.717, 1.165) is 30.4 Å². The van der Waals surface area contributed by atoms with Gasteiger partial charge in [0.1, 0.15) is 0 Å². The maximum Gasteiger partial charge on any atom is 0.222 e. The first-order valence-corrected chi connectivity index (χ1v) is 10.0. The Morgan fingerprint density at radius 2 is 1.70 bits per heavy atom. The molecule has 2 aliphatic rings. The molecule has 2 aromatic rings. The number of amides is 1. The van der Waals surface area contributed by atoms with Crippen LogP contribution in [0.15, 0.2) is 48.5 Å². The number of aryl methyl sites for hydroxylation is 1. The smallest absolute Gasteiger partial charge is 0.222 e. The first-order valence-electron chi connectivity index (χ1n) is 10.0. The molecule has 1 heterocycles. The highest BCUT2D eigenvalue weighted by molar-refractivity contribution is 5.78. The van der Waals surface area contributed by atoms with Gasteiger partial charge in [-0.05, 0) is 54.7 Å². The average Bonchev–Trinajstić information content (AvgIpc) is 2.72. The van der Waals surface area contributed by atoms with E-state index < -0.39 is 0 Å². The van der Waals surface area contributed by atoms with Crippen LogP contribution in [0.2, 0.25) is 0 Å². The molecule has 0 spiro atoms. The summed E-state index contributed by atoms with van der Waals surface area (Å²) in [6.45, 7) is 6.33. The van der Waals surface area contributed by atoms with Gasteiger partial charge in [0, 0.05) is 36.1 Å². The lowest BCUT2D eigenvalue weighted by Crippen LogP contribution is -2.56. The lowest BCUT2D eigenvalue weighted by Gasteiger charge is -2.50. The van der Waals surface area contributed by atoms with Crippen molar-refractivity contribution in [2.75, 3.05) is 7.05 Å². The van der Waals surface area contributed by atoms with E-state index in [-0.39, 0.29) is 11.3 Å². The van der Waals surface area contributed by atoms with Crippen molar-refractivity contribution in [2.24, 2.45) is 0 Å². The first kappa shape index (κ1) is 19.2. The number of carbonyl (C=O) groups is 1. The minimum absolute atomic E-state index is 0.0711. The largest absolute Gasteiger partial charge is 0.342 e. The Hall–Kier alpha value is -2.53. The Balaban J connectivity index is 0.00000102. The van der Waals surface area contributed by atoms with Gasteiger partial charge < -0.3 is 4.90 Å². The average molecular weight is 360 g/mol. The Morgan fingerprint density at radius 1 is 1.00 bits per heavy atom. The van der Waals surface area contributed by atoms with E-state index in [4.69, 9.17) is 0 Å². The molecule has 0 radical (unpaired) electrons. The fourth-order valence-electron chi connectivity index (χ4n) is 4.53. The van der Waals surface area contributed by atoms with E-state index in [2.05, 4.69) is 37.0 Å². The predicted molar refractivity (Wildman–Crippen MR) is 112 cm³/mol. The fraction of sp³-hybridized carbons (Fsp3) is 0.400. The highest BCUT2D eigenvalue weighted by Gasteiger charge is 2.46. The highest BCUT2D eigenvalue weighted by atomic mass is 16.2. The highest BCUT2D eigenvalue weighted by Crippen LogP contribution is 2.45. The van der Waals surface area contributed by atoms with Gasteiger partial charge in [-0.2, -0.15) is 0 Å². The van der Waals surface area contributed by atoms with Crippen LogP contribution >= 0.6 is 0 Å². The molecule has 1 fully saturated rings. The Morgan fingerprint density at radius 3 is 2.44 bits per heavy atom. The van der Waals surface area contributed by atoms with E-state index >= 15 is 0 Å². The molecule has 4 rings (SSSR count). The van der Waals surface area contributed by atoms with Gasteiger partial charge in [-0.1, -0.05) is 56.9 Å². The van der Waals surface area contributed by atoms with Crippen LogP contribution in [0, 0.1) is 11.8 Å². The Labute approximate surface area is 163 Å². The van der Waals surface area contributed by atoms with Crippen molar-refractivity contribution in [3.8, 4) is 11.8 Å². The fourth-order valence-corrected chi connectivity index (χ4v) is 4.53. The minimum Gasteiger partial charge on any atom is -0.342 e. The zero-order valence-electron chi connectivity index (χ0n) is 16.9. The normalized spacial score (nSPS) is 23.2. The van der Waals surface area contributed by atoms with Gasteiger partial charge in [0.25, 0.3) is 0 Å². The summed E-state index contributed by atoms with van der Waals surface area (Å²) in [5, 5.41) is 0. The monoisotopic (exact) mass is 359 g/mol. The molecule has 2 atom stereocenters. The molecule has 140 valence electrons. The van der Waals surface area contributed by atoms with Gasteiger partial charge in [0.2, 0.25) is 5.91 Å². The molecule has 1 aliphatic carbocycles. The molecule has 27 heavy (non-hydrogen) atoms. The van der Waals surface area contributed by atoms with Crippen LogP contribution in [0.5, 0.6) is 0 Å². The Kier molecular flexibility index (Phi) is 5.71. The second kappa shape index (κ2) is 8.01. The molecule has 1 amide bonds. The number of likely N-dealkylation sites (N-methyl/N-ethyl adjacent to an activating group) is 1. The molecule has 2 nitrogen and oxygen atoms in total. The summed E-state index contributed by atoms with van der Waals surface area (Å²) < 4.78 is 0. The molecule has 0 saturated carbocycles. The summed E-state index contributed by atoms with van der Waals surface area (Å²) in [4.78, 5) is 14.1. The quantitative estimate of drug-likeness (QED) is 0.610. The van der Waals surface area contributed by atoms with E-state index in [0.29, 0.717) is 12.5 Å². The van der Waals surface area contributed by atoms with Crippen molar-refractivity contribution < 1.29 is 4.79 Å². The minimum atomic E-state index is 0.0711. The summed E-state index contributed by atoms with van der Waals surface area (Å²) in [6, 6.07) is 17.1. The molecule has 2 aromatic carbocycles. The maximum atomic E-state index is 12.1. The van der Waals surface area contributed by atoms with Crippen LogP contribution in [-0.4, -0.2) is 23.9 Å². The summed E-state index contributed by atoms with van der Waals surface area (Å²) in [5.74, 6) is 6.83. The van der Waals surface area contributed by atoms with Crippen molar-refractivity contribution in [1.29, 1.82) is 0 Å². The van der Waals surface area contributed by atoms with Gasteiger partial charge in [0.05, 0.1) is 0 Å². The number of rotatable bonds is 0. The van der Waals surface area contributed by atoms with Gasteiger partial charge in [-0.3, -0.25) is 4.79 Å². The molecule has 1 unspecified atom stereocenters. The van der Waals surface area contributed by atoms with Crippen LogP contribution in [0.4, 0.5) is 0 Å². The van der Waals surface area contributed by atoms with Crippen molar-refractivity contribution >= 4 is 5.91 Å². The second-order valence-electron chi connectivity index (χ2n) is 7.46. The van der Waals surface area contributed by atoms with Gasteiger partial charge in [0.15, 0.2) is 0 Å². The molecule has 2 heteroatoms. The number of hydrogen-bond acceptors (Lipinski definition) is 1.